The Labute approximate surface area is 116 Å². The normalized spacial score (nSPS) is 18.5. The maximum Gasteiger partial charge on any atom is 0.339 e. The molecule has 1 unspecified atom stereocenters. The molecule has 1 atom stereocenters. The van der Waals surface area contributed by atoms with Crippen LogP contribution in [-0.4, -0.2) is 34.8 Å². The van der Waals surface area contributed by atoms with Gasteiger partial charge >= 0.3 is 5.97 Å². The maximum atomic E-state index is 11.8. The van der Waals surface area contributed by atoms with Crippen molar-refractivity contribution < 1.29 is 24.5 Å². The molecule has 1 aromatic rings. The van der Waals surface area contributed by atoms with E-state index >= 15 is 0 Å². The molecular weight excluding hydrogens is 262 g/mol. The second kappa shape index (κ2) is 6.38. The number of nitrogens with one attached hydrogen (secondary N) is 1. The van der Waals surface area contributed by atoms with Crippen LogP contribution in [0.5, 0.6) is 5.75 Å². The second-order valence-corrected chi connectivity index (χ2v) is 4.78. The van der Waals surface area contributed by atoms with E-state index in [1.54, 1.807) is 0 Å². The number of carbonyl (C=O) groups excluding carboxylic acids is 1. The Balaban J connectivity index is 1.93. The lowest BCUT2D eigenvalue weighted by atomic mass is 10.1. The number of amides is 1. The number of hydrogen-bond acceptors (Lipinski definition) is 4. The van der Waals surface area contributed by atoms with Gasteiger partial charge in [0.25, 0.3) is 0 Å². The second-order valence-electron chi connectivity index (χ2n) is 4.78. The molecule has 6 nitrogen and oxygen atoms in total. The average Bonchev–Trinajstić information content (AvgIpc) is 2.39. The number of carboxylic acids is 1. The van der Waals surface area contributed by atoms with Gasteiger partial charge in [-0.15, -0.1) is 0 Å². The number of aromatic carboxylic acids is 1. The Kier molecular flexibility index (Phi) is 4.57. The third-order valence-corrected chi connectivity index (χ3v) is 3.20. The quantitative estimate of drug-likeness (QED) is 0.783. The van der Waals surface area contributed by atoms with Crippen LogP contribution in [0.3, 0.4) is 0 Å². The van der Waals surface area contributed by atoms with Gasteiger partial charge in [0.1, 0.15) is 11.3 Å². The zero-order chi connectivity index (χ0) is 14.5. The number of aromatic hydroxyl groups is 1. The van der Waals surface area contributed by atoms with Crippen molar-refractivity contribution in [2.24, 2.45) is 0 Å². The summed E-state index contributed by atoms with van der Waals surface area (Å²) in [5.74, 6) is -1.79. The summed E-state index contributed by atoms with van der Waals surface area (Å²) in [4.78, 5) is 22.6. The summed E-state index contributed by atoms with van der Waals surface area (Å²) in [5.41, 5.74) is 0.173. The van der Waals surface area contributed by atoms with Gasteiger partial charge in [0.2, 0.25) is 5.91 Å². The van der Waals surface area contributed by atoms with Crippen LogP contribution in [0.1, 0.15) is 36.0 Å². The largest absolute Gasteiger partial charge is 0.507 e. The molecule has 0 saturated carbocycles. The third-order valence-electron chi connectivity index (χ3n) is 3.20. The van der Waals surface area contributed by atoms with Crippen LogP contribution in [0, 0.1) is 0 Å². The zero-order valence-corrected chi connectivity index (χ0v) is 11.0. The Bertz CT molecular complexity index is 508. The van der Waals surface area contributed by atoms with Crippen molar-refractivity contribution in [3.05, 3.63) is 23.8 Å². The van der Waals surface area contributed by atoms with E-state index in [4.69, 9.17) is 9.84 Å². The SMILES string of the molecule is O=C(CC1CCCCO1)Nc1ccc(C(=O)O)c(O)c1. The Hall–Kier alpha value is -2.08. The number of rotatable bonds is 4. The minimum atomic E-state index is -1.21. The van der Waals surface area contributed by atoms with Crippen LogP contribution in [-0.2, 0) is 9.53 Å². The predicted molar refractivity (Wildman–Crippen MR) is 71.9 cm³/mol. The number of hydrogen-bond donors (Lipinski definition) is 3. The first-order valence-electron chi connectivity index (χ1n) is 6.54. The summed E-state index contributed by atoms with van der Waals surface area (Å²) in [7, 11) is 0. The van der Waals surface area contributed by atoms with Crippen molar-refractivity contribution in [1.82, 2.24) is 0 Å². The molecule has 0 aliphatic carbocycles. The number of anilines is 1. The van der Waals surface area contributed by atoms with Gasteiger partial charge in [-0.2, -0.15) is 0 Å². The molecule has 0 bridgehead atoms. The highest BCUT2D eigenvalue weighted by Gasteiger charge is 2.18. The van der Waals surface area contributed by atoms with E-state index in [1.807, 2.05) is 0 Å². The highest BCUT2D eigenvalue weighted by molar-refractivity contribution is 5.94. The molecule has 1 heterocycles. The molecule has 1 saturated heterocycles. The molecule has 0 radical (unpaired) electrons. The first-order chi connectivity index (χ1) is 9.56. The van der Waals surface area contributed by atoms with E-state index < -0.39 is 5.97 Å². The van der Waals surface area contributed by atoms with Crippen LogP contribution in [0.4, 0.5) is 5.69 Å². The molecule has 1 aliphatic rings. The van der Waals surface area contributed by atoms with Crippen molar-refractivity contribution in [3.8, 4) is 5.75 Å². The standard InChI is InChI=1S/C14H17NO5/c16-12-7-9(4-5-11(12)14(18)19)15-13(17)8-10-3-1-2-6-20-10/h4-5,7,10,16H,1-3,6,8H2,(H,15,17)(H,18,19). The van der Waals surface area contributed by atoms with Gasteiger partial charge in [-0.3, -0.25) is 4.79 Å². The van der Waals surface area contributed by atoms with Gasteiger partial charge < -0.3 is 20.3 Å². The smallest absolute Gasteiger partial charge is 0.339 e. The van der Waals surface area contributed by atoms with Crippen molar-refractivity contribution in [1.29, 1.82) is 0 Å². The Morgan fingerprint density at radius 3 is 2.75 bits per heavy atom. The molecule has 1 fully saturated rings. The first-order valence-corrected chi connectivity index (χ1v) is 6.54. The van der Waals surface area contributed by atoms with E-state index in [-0.39, 0.29) is 29.7 Å². The van der Waals surface area contributed by atoms with Gasteiger partial charge in [-0.05, 0) is 31.4 Å². The summed E-state index contributed by atoms with van der Waals surface area (Å²) < 4.78 is 5.47. The van der Waals surface area contributed by atoms with Crippen LogP contribution in [0.25, 0.3) is 0 Å². The summed E-state index contributed by atoms with van der Waals surface area (Å²) in [6.45, 7) is 0.687. The highest BCUT2D eigenvalue weighted by atomic mass is 16.5. The van der Waals surface area contributed by atoms with Gasteiger partial charge in [0.15, 0.2) is 0 Å². The molecule has 0 aromatic heterocycles. The number of phenols is 1. The number of carbonyl (C=O) groups is 2. The third kappa shape index (κ3) is 3.71. The number of ether oxygens (including phenoxy) is 1. The Morgan fingerprint density at radius 1 is 1.35 bits per heavy atom. The molecule has 0 spiro atoms. The fourth-order valence-electron chi connectivity index (χ4n) is 2.18. The van der Waals surface area contributed by atoms with E-state index in [0.29, 0.717) is 12.3 Å². The van der Waals surface area contributed by atoms with E-state index in [1.165, 1.54) is 18.2 Å². The highest BCUT2D eigenvalue weighted by Crippen LogP contribution is 2.22. The fourth-order valence-corrected chi connectivity index (χ4v) is 2.18. The van der Waals surface area contributed by atoms with Crippen LogP contribution in [0.15, 0.2) is 18.2 Å². The molecule has 3 N–H and O–H groups in total. The summed E-state index contributed by atoms with van der Waals surface area (Å²) >= 11 is 0. The van der Waals surface area contributed by atoms with Gasteiger partial charge in [-0.25, -0.2) is 4.79 Å². The monoisotopic (exact) mass is 279 g/mol. The predicted octanol–water partition coefficient (Wildman–Crippen LogP) is 1.99. The molecule has 1 aromatic carbocycles. The molecule has 2 rings (SSSR count). The summed E-state index contributed by atoms with van der Waals surface area (Å²) in [6.07, 6.45) is 3.17. The summed E-state index contributed by atoms with van der Waals surface area (Å²) in [5, 5.41) is 21.0. The molecular formula is C14H17NO5. The number of carboxylic acid groups (broad SMARTS) is 1. The van der Waals surface area contributed by atoms with Crippen molar-refractivity contribution in [3.63, 3.8) is 0 Å². The maximum absolute atomic E-state index is 11.8. The van der Waals surface area contributed by atoms with Crippen molar-refractivity contribution in [2.45, 2.75) is 31.8 Å². The first kappa shape index (κ1) is 14.3. The molecule has 20 heavy (non-hydrogen) atoms. The van der Waals surface area contributed by atoms with Gasteiger partial charge in [-0.1, -0.05) is 0 Å². The fraction of sp³-hybridized carbons (Fsp3) is 0.429. The Morgan fingerprint density at radius 2 is 2.15 bits per heavy atom. The van der Waals surface area contributed by atoms with Crippen LogP contribution in [0.2, 0.25) is 0 Å². The molecule has 6 heteroatoms. The minimum absolute atomic E-state index is 0.0596. The minimum Gasteiger partial charge on any atom is -0.507 e. The topological polar surface area (TPSA) is 95.9 Å². The van der Waals surface area contributed by atoms with Crippen molar-refractivity contribution in [2.75, 3.05) is 11.9 Å². The van der Waals surface area contributed by atoms with Gasteiger partial charge in [0.05, 0.1) is 12.5 Å². The lowest BCUT2D eigenvalue weighted by Gasteiger charge is -2.21. The molecule has 1 amide bonds. The summed E-state index contributed by atoms with van der Waals surface area (Å²) in [6, 6.07) is 3.93. The van der Waals surface area contributed by atoms with E-state index in [9.17, 15) is 14.7 Å². The lowest BCUT2D eigenvalue weighted by molar-refractivity contribution is -0.119. The van der Waals surface area contributed by atoms with E-state index in [0.717, 1.165) is 19.3 Å². The molecule has 1 aliphatic heterocycles. The number of benzene rings is 1. The zero-order valence-electron chi connectivity index (χ0n) is 11.0. The average molecular weight is 279 g/mol. The molecule has 108 valence electrons. The lowest BCUT2D eigenvalue weighted by Crippen LogP contribution is -2.25. The van der Waals surface area contributed by atoms with Crippen molar-refractivity contribution >= 4 is 17.6 Å². The van der Waals surface area contributed by atoms with Crippen LogP contribution >= 0.6 is 0 Å². The van der Waals surface area contributed by atoms with Crippen LogP contribution < -0.4 is 5.32 Å². The van der Waals surface area contributed by atoms with E-state index in [2.05, 4.69) is 5.32 Å². The van der Waals surface area contributed by atoms with Gasteiger partial charge in [0, 0.05) is 18.4 Å².